The van der Waals surface area contributed by atoms with Crippen molar-refractivity contribution in [1.82, 2.24) is 4.98 Å². The number of carbonyl (C=O) groups is 1. The first-order chi connectivity index (χ1) is 9.80. The molecule has 0 aromatic carbocycles. The number of hydrogen-bond donors (Lipinski definition) is 1. The number of carbonyl (C=O) groups excluding carboxylic acids is 1. The van der Waals surface area contributed by atoms with Crippen molar-refractivity contribution in [3.8, 4) is 0 Å². The summed E-state index contributed by atoms with van der Waals surface area (Å²) in [4.78, 5) is 15.1. The van der Waals surface area contributed by atoms with Gasteiger partial charge in [-0.1, -0.05) is 6.08 Å². The Morgan fingerprint density at radius 1 is 1.29 bits per heavy atom. The summed E-state index contributed by atoms with van der Waals surface area (Å²) in [5, 5.41) is 0. The number of nitrogens with zero attached hydrogens (tertiary/aromatic N) is 1. The van der Waals surface area contributed by atoms with E-state index in [4.69, 9.17) is 9.31 Å². The van der Waals surface area contributed by atoms with Gasteiger partial charge in [0.25, 0.3) is 0 Å². The summed E-state index contributed by atoms with van der Waals surface area (Å²) in [6.07, 6.45) is 5.93. The fraction of sp³-hybridized carbons (Fsp3) is 0.467. The van der Waals surface area contributed by atoms with Crippen LogP contribution in [0.2, 0.25) is 0 Å². The van der Waals surface area contributed by atoms with Crippen LogP contribution in [0.3, 0.4) is 0 Å². The average molecular weight is 305 g/mol. The van der Waals surface area contributed by atoms with Crippen LogP contribution >= 0.6 is 12.6 Å². The zero-order valence-corrected chi connectivity index (χ0v) is 13.7. The Labute approximate surface area is 131 Å². The van der Waals surface area contributed by atoms with Crippen LogP contribution in [0.25, 0.3) is 6.08 Å². The Balaban J connectivity index is 2.33. The molecule has 0 saturated carbocycles. The van der Waals surface area contributed by atoms with Crippen LogP contribution < -0.4 is 0 Å². The zero-order chi connectivity index (χ0) is 15.7. The summed E-state index contributed by atoms with van der Waals surface area (Å²) in [6.45, 7) is 8.02. The molecule has 0 unspecified atom stereocenters. The highest BCUT2D eigenvalue weighted by Crippen LogP contribution is 2.39. The molecular formula is C15H20BNO3S. The highest BCUT2D eigenvalue weighted by Gasteiger charge is 2.52. The van der Waals surface area contributed by atoms with Gasteiger partial charge in [-0.05, 0) is 39.2 Å². The molecule has 0 bridgehead atoms. The Bertz CT molecular complexity index is 556. The summed E-state index contributed by atoms with van der Waals surface area (Å²) >= 11 is 4.36. The second kappa shape index (κ2) is 5.95. The zero-order valence-electron chi connectivity index (χ0n) is 12.8. The predicted octanol–water partition coefficient (Wildman–Crippen LogP) is 2.84. The third kappa shape index (κ3) is 3.22. The van der Waals surface area contributed by atoms with E-state index in [-0.39, 0.29) is 0 Å². The van der Waals surface area contributed by atoms with E-state index in [1.54, 1.807) is 18.5 Å². The van der Waals surface area contributed by atoms with Crippen molar-refractivity contribution in [1.29, 1.82) is 0 Å². The maximum absolute atomic E-state index is 11.1. The molecule has 0 atom stereocenters. The van der Waals surface area contributed by atoms with Crippen molar-refractivity contribution >= 4 is 32.1 Å². The first-order valence-electron chi connectivity index (χ1n) is 6.87. The van der Waals surface area contributed by atoms with Crippen LogP contribution in [0.1, 0.15) is 43.6 Å². The molecule has 4 nitrogen and oxygen atoms in total. The third-order valence-electron chi connectivity index (χ3n) is 4.09. The summed E-state index contributed by atoms with van der Waals surface area (Å²) < 4.78 is 12.0. The largest absolute Gasteiger partial charge is 0.491 e. The number of aldehydes is 1. The van der Waals surface area contributed by atoms with Gasteiger partial charge in [0.2, 0.25) is 0 Å². The molecule has 1 fully saturated rings. The number of rotatable bonds is 4. The van der Waals surface area contributed by atoms with Gasteiger partial charge in [-0.3, -0.25) is 9.78 Å². The molecule has 6 heteroatoms. The van der Waals surface area contributed by atoms with Crippen LogP contribution in [-0.2, 0) is 9.31 Å². The van der Waals surface area contributed by atoms with Gasteiger partial charge < -0.3 is 9.31 Å². The summed E-state index contributed by atoms with van der Waals surface area (Å²) in [6, 6.07) is 1.68. The Morgan fingerprint density at radius 3 is 2.43 bits per heavy atom. The van der Waals surface area contributed by atoms with Crippen LogP contribution in [-0.4, -0.2) is 35.3 Å². The lowest BCUT2D eigenvalue weighted by molar-refractivity contribution is 0.00578. The van der Waals surface area contributed by atoms with Gasteiger partial charge in [0.15, 0.2) is 6.29 Å². The monoisotopic (exact) mass is 305 g/mol. The van der Waals surface area contributed by atoms with Gasteiger partial charge in [-0.2, -0.15) is 12.6 Å². The van der Waals surface area contributed by atoms with Crippen LogP contribution in [0.5, 0.6) is 0 Å². The van der Waals surface area contributed by atoms with Gasteiger partial charge in [0, 0.05) is 29.3 Å². The minimum atomic E-state index is -0.466. The van der Waals surface area contributed by atoms with E-state index in [1.807, 2.05) is 33.8 Å². The highest BCUT2D eigenvalue weighted by atomic mass is 32.1. The number of hydrogen-bond acceptors (Lipinski definition) is 5. The van der Waals surface area contributed by atoms with Crippen LogP contribution in [0.4, 0.5) is 0 Å². The molecular weight excluding hydrogens is 285 g/mol. The lowest BCUT2D eigenvalue weighted by Crippen LogP contribution is -2.41. The quantitative estimate of drug-likeness (QED) is 0.528. The topological polar surface area (TPSA) is 48.4 Å². The van der Waals surface area contributed by atoms with Crippen molar-refractivity contribution in [2.24, 2.45) is 0 Å². The lowest BCUT2D eigenvalue weighted by Gasteiger charge is -2.32. The molecule has 21 heavy (non-hydrogen) atoms. The standard InChI is InChI=1S/C15H20BNO3S/c1-14(2)15(3,4)20-16(19-14)13(10-21)7-12-8-17-6-5-11(12)9-18/h5-9,21H,10H2,1-4H3. The van der Waals surface area contributed by atoms with E-state index < -0.39 is 18.3 Å². The average Bonchev–Trinajstić information content (AvgIpc) is 2.65. The molecule has 1 aromatic heterocycles. The van der Waals surface area contributed by atoms with Crippen LogP contribution in [0, 0.1) is 0 Å². The van der Waals surface area contributed by atoms with Crippen LogP contribution in [0.15, 0.2) is 23.9 Å². The van der Waals surface area contributed by atoms with E-state index in [9.17, 15) is 4.79 Å². The molecule has 0 spiro atoms. The van der Waals surface area contributed by atoms with E-state index in [0.717, 1.165) is 17.3 Å². The molecule has 112 valence electrons. The predicted molar refractivity (Wildman–Crippen MR) is 87.5 cm³/mol. The molecule has 0 amide bonds. The second-order valence-corrected chi connectivity index (χ2v) is 6.40. The maximum Gasteiger partial charge on any atom is 0.491 e. The molecule has 1 saturated heterocycles. The van der Waals surface area contributed by atoms with Crippen molar-refractivity contribution in [2.75, 3.05) is 5.75 Å². The van der Waals surface area contributed by atoms with E-state index in [2.05, 4.69) is 17.6 Å². The third-order valence-corrected chi connectivity index (χ3v) is 4.46. The van der Waals surface area contributed by atoms with Gasteiger partial charge in [-0.15, -0.1) is 0 Å². The molecule has 2 heterocycles. The number of pyridine rings is 1. The molecule has 2 rings (SSSR count). The van der Waals surface area contributed by atoms with Gasteiger partial charge >= 0.3 is 7.12 Å². The SMILES string of the molecule is CC1(C)OB(C(=Cc2cnccc2C=O)CS)OC1(C)C. The lowest BCUT2D eigenvalue weighted by atomic mass is 9.78. The molecule has 1 aromatic rings. The molecule has 1 aliphatic heterocycles. The summed E-state index contributed by atoms with van der Waals surface area (Å²) in [7, 11) is -0.466. The smallest absolute Gasteiger partial charge is 0.400 e. The van der Waals surface area contributed by atoms with Crippen molar-refractivity contribution in [3.05, 3.63) is 35.1 Å². The van der Waals surface area contributed by atoms with Gasteiger partial charge in [-0.25, -0.2) is 0 Å². The highest BCUT2D eigenvalue weighted by molar-refractivity contribution is 7.80. The first-order valence-corrected chi connectivity index (χ1v) is 7.50. The number of aromatic nitrogens is 1. The normalized spacial score (nSPS) is 20.6. The second-order valence-electron chi connectivity index (χ2n) is 6.09. The Morgan fingerprint density at radius 2 is 1.90 bits per heavy atom. The molecule has 0 N–H and O–H groups in total. The minimum Gasteiger partial charge on any atom is -0.400 e. The summed E-state index contributed by atoms with van der Waals surface area (Å²) in [5.74, 6) is 0.476. The summed E-state index contributed by atoms with van der Waals surface area (Å²) in [5.41, 5.74) is 1.39. The molecule has 1 aliphatic rings. The molecule has 0 aliphatic carbocycles. The van der Waals surface area contributed by atoms with Crippen molar-refractivity contribution in [2.45, 2.75) is 38.9 Å². The minimum absolute atomic E-state index is 0.401. The maximum atomic E-state index is 11.1. The fourth-order valence-corrected chi connectivity index (χ4v) is 2.27. The van der Waals surface area contributed by atoms with Gasteiger partial charge in [0.1, 0.15) is 0 Å². The van der Waals surface area contributed by atoms with Gasteiger partial charge in [0.05, 0.1) is 11.2 Å². The van der Waals surface area contributed by atoms with Crippen molar-refractivity contribution < 1.29 is 14.1 Å². The first kappa shape index (κ1) is 16.3. The fourth-order valence-electron chi connectivity index (χ4n) is 2.03. The molecule has 0 radical (unpaired) electrons. The van der Waals surface area contributed by atoms with E-state index in [0.29, 0.717) is 11.3 Å². The number of thiol groups is 1. The van der Waals surface area contributed by atoms with Crippen molar-refractivity contribution in [3.63, 3.8) is 0 Å². The van der Waals surface area contributed by atoms with E-state index in [1.165, 1.54) is 0 Å². The Hall–Kier alpha value is -1.11. The Kier molecular flexibility index (Phi) is 4.61. The van der Waals surface area contributed by atoms with E-state index >= 15 is 0 Å².